The molecule has 8 heteroatoms. The first kappa shape index (κ1) is 28.7. The van der Waals surface area contributed by atoms with Gasteiger partial charge in [-0.05, 0) is 89.3 Å². The zero-order valence-electron chi connectivity index (χ0n) is 23.9. The molecule has 0 saturated heterocycles. The Morgan fingerprint density at radius 1 is 0.644 bits per heavy atom. The van der Waals surface area contributed by atoms with Gasteiger partial charge in [-0.3, -0.25) is 0 Å². The van der Waals surface area contributed by atoms with E-state index in [4.69, 9.17) is 4.42 Å². The lowest BCUT2D eigenvalue weighted by atomic mass is 9.48. The Labute approximate surface area is 259 Å². The Morgan fingerprint density at radius 2 is 1.24 bits per heavy atom. The van der Waals surface area contributed by atoms with Crippen LogP contribution in [0.4, 0.5) is 0 Å². The summed E-state index contributed by atoms with van der Waals surface area (Å²) in [5.41, 5.74) is 4.15. The first-order chi connectivity index (χ1) is 22.0. The van der Waals surface area contributed by atoms with E-state index < -0.39 is 0 Å². The summed E-state index contributed by atoms with van der Waals surface area (Å²) in [5, 5.41) is 59.8. The molecule has 8 nitrogen and oxygen atoms in total. The number of nitrogens with zero attached hydrogens (tertiary/aromatic N) is 7. The Bertz CT molecular complexity index is 2150. The van der Waals surface area contributed by atoms with E-state index in [-0.39, 0.29) is 52.2 Å². The van der Waals surface area contributed by atoms with Crippen LogP contribution in [0.5, 0.6) is 0 Å². The van der Waals surface area contributed by atoms with Crippen molar-refractivity contribution in [3.8, 4) is 47.5 Å². The molecule has 45 heavy (non-hydrogen) atoms. The first-order valence-electron chi connectivity index (χ1n) is 14.5. The van der Waals surface area contributed by atoms with Gasteiger partial charge in [0.2, 0.25) is 5.71 Å². The lowest BCUT2D eigenvalue weighted by Crippen LogP contribution is -2.48. The van der Waals surface area contributed by atoms with Gasteiger partial charge in [-0.25, -0.2) is 4.98 Å². The van der Waals surface area contributed by atoms with Crippen molar-refractivity contribution in [3.05, 3.63) is 101 Å². The number of allylic oxidation sites excluding steroid dienone is 6. The minimum Gasteiger partial charge on any atom is -0.438 e. The number of rotatable bonds is 5. The molecule has 0 spiro atoms. The summed E-state index contributed by atoms with van der Waals surface area (Å²) in [5.74, 6) is -1.29. The van der Waals surface area contributed by atoms with Crippen LogP contribution in [-0.4, -0.2) is 4.98 Å². The molecule has 6 atom stereocenters. The smallest absolute Gasteiger partial charge is 0.227 e. The fourth-order valence-electron chi connectivity index (χ4n) is 7.52. The molecule has 3 fully saturated rings. The standard InChI is InChI=1S/C37H23N7O/c38-16-22(17-39)11-32-28-8-9-30(33(32)12-23(18-40)19-41)36(34(28)13-24(20-42)21-43)27-4-1-3-25(14-27)26-6-7-29-31-5-2-10-44-37(31)45-35(29)15-26/h1-7,10-15,28,30,32-34,36H,8-9H2. The zero-order chi connectivity index (χ0) is 31.5. The maximum Gasteiger partial charge on any atom is 0.227 e. The Balaban J connectivity index is 1.50. The van der Waals surface area contributed by atoms with E-state index in [9.17, 15) is 31.6 Å². The number of furan rings is 1. The second kappa shape index (κ2) is 12.0. The maximum atomic E-state index is 9.70. The summed E-state index contributed by atoms with van der Waals surface area (Å²) in [6, 6.07) is 29.9. The summed E-state index contributed by atoms with van der Waals surface area (Å²) < 4.78 is 6.03. The molecule has 2 heterocycles. The normalized spacial score (nSPS) is 22.8. The molecule has 0 N–H and O–H groups in total. The average Bonchev–Trinajstić information content (AvgIpc) is 3.47. The molecular formula is C37H23N7O. The van der Waals surface area contributed by atoms with Crippen molar-refractivity contribution in [2.45, 2.75) is 18.8 Å². The highest BCUT2D eigenvalue weighted by Gasteiger charge is 2.52. The number of fused-ring (bicyclic) bond motifs is 6. The predicted octanol–water partition coefficient (Wildman–Crippen LogP) is 7.54. The number of hydrogen-bond acceptors (Lipinski definition) is 8. The predicted molar refractivity (Wildman–Crippen MR) is 164 cm³/mol. The van der Waals surface area contributed by atoms with Crippen LogP contribution in [0.2, 0.25) is 0 Å². The summed E-state index contributed by atoms with van der Waals surface area (Å²) >= 11 is 0. The van der Waals surface area contributed by atoms with Gasteiger partial charge in [0.25, 0.3) is 0 Å². The van der Waals surface area contributed by atoms with Crippen LogP contribution in [0.3, 0.4) is 0 Å². The minimum absolute atomic E-state index is 0.00278. The van der Waals surface area contributed by atoms with Gasteiger partial charge in [-0.2, -0.15) is 31.6 Å². The Hall–Kier alpha value is -6.45. The van der Waals surface area contributed by atoms with Crippen LogP contribution in [0, 0.1) is 97.6 Å². The molecule has 2 aromatic carbocycles. The summed E-state index contributed by atoms with van der Waals surface area (Å²) in [6.45, 7) is 0. The van der Waals surface area contributed by atoms with Crippen LogP contribution in [-0.2, 0) is 0 Å². The second-order valence-electron chi connectivity index (χ2n) is 11.4. The third-order valence-corrected chi connectivity index (χ3v) is 9.29. The molecule has 3 aliphatic rings. The number of benzene rings is 2. The second-order valence-corrected chi connectivity index (χ2v) is 11.4. The van der Waals surface area contributed by atoms with E-state index in [0.717, 1.165) is 45.9 Å². The van der Waals surface area contributed by atoms with Gasteiger partial charge in [0.1, 0.15) is 58.7 Å². The van der Waals surface area contributed by atoms with Gasteiger partial charge < -0.3 is 4.42 Å². The van der Waals surface area contributed by atoms with Crippen LogP contribution in [0.25, 0.3) is 33.2 Å². The molecular weight excluding hydrogens is 558 g/mol. The quantitative estimate of drug-likeness (QED) is 0.218. The molecule has 7 rings (SSSR count). The van der Waals surface area contributed by atoms with Crippen molar-refractivity contribution < 1.29 is 4.42 Å². The SMILES string of the molecule is N#CC(C#N)=CC1C(C=C(C#N)C#N)C2CCC1C(C=C(C#N)C#N)C2c1cccc(-c2ccc3c(c2)oc2ncccc23)c1. The number of hydrogen-bond donors (Lipinski definition) is 0. The Morgan fingerprint density at radius 3 is 1.91 bits per heavy atom. The molecule has 2 bridgehead atoms. The van der Waals surface area contributed by atoms with Gasteiger partial charge >= 0.3 is 0 Å². The highest BCUT2D eigenvalue weighted by atomic mass is 16.3. The average molecular weight is 582 g/mol. The van der Waals surface area contributed by atoms with Crippen molar-refractivity contribution in [2.75, 3.05) is 0 Å². The Kier molecular flexibility index (Phi) is 7.67. The largest absolute Gasteiger partial charge is 0.438 e. The van der Waals surface area contributed by atoms with Crippen LogP contribution in [0.15, 0.2) is 100 Å². The van der Waals surface area contributed by atoms with Crippen LogP contribution in [0.1, 0.15) is 24.3 Å². The number of aromatic nitrogens is 1. The molecule has 3 aliphatic carbocycles. The van der Waals surface area contributed by atoms with Crippen molar-refractivity contribution in [1.82, 2.24) is 4.98 Å². The molecule has 2 aromatic heterocycles. The molecule has 0 aliphatic heterocycles. The van der Waals surface area contributed by atoms with Gasteiger partial charge in [-0.15, -0.1) is 0 Å². The summed E-state index contributed by atoms with van der Waals surface area (Å²) in [6.07, 6.45) is 8.28. The van der Waals surface area contributed by atoms with Gasteiger partial charge in [-0.1, -0.05) is 48.6 Å². The maximum absolute atomic E-state index is 9.70. The first-order valence-corrected chi connectivity index (χ1v) is 14.5. The molecule has 4 aromatic rings. The third kappa shape index (κ3) is 5.09. The van der Waals surface area contributed by atoms with E-state index in [1.54, 1.807) is 24.4 Å². The van der Waals surface area contributed by atoms with Gasteiger partial charge in [0.15, 0.2) is 0 Å². The van der Waals surface area contributed by atoms with Crippen molar-refractivity contribution in [2.24, 2.45) is 29.6 Å². The van der Waals surface area contributed by atoms with Crippen LogP contribution < -0.4 is 0 Å². The highest BCUT2D eigenvalue weighted by molar-refractivity contribution is 6.04. The van der Waals surface area contributed by atoms with Gasteiger partial charge in [0, 0.05) is 17.0 Å². The fourth-order valence-corrected chi connectivity index (χ4v) is 7.52. The molecule has 6 unspecified atom stereocenters. The summed E-state index contributed by atoms with van der Waals surface area (Å²) in [4.78, 5) is 4.34. The molecule has 0 radical (unpaired) electrons. The molecule has 0 amide bonds. The van der Waals surface area contributed by atoms with Crippen molar-refractivity contribution >= 4 is 22.1 Å². The number of pyridine rings is 1. The molecule has 212 valence electrons. The number of nitriles is 6. The zero-order valence-corrected chi connectivity index (χ0v) is 23.9. The lowest BCUT2D eigenvalue weighted by Gasteiger charge is -2.55. The van der Waals surface area contributed by atoms with Crippen LogP contribution >= 0.6 is 0 Å². The lowest BCUT2D eigenvalue weighted by molar-refractivity contribution is 0.0172. The summed E-state index contributed by atoms with van der Waals surface area (Å²) in [7, 11) is 0. The van der Waals surface area contributed by atoms with E-state index in [2.05, 4.69) is 11.1 Å². The van der Waals surface area contributed by atoms with Crippen molar-refractivity contribution in [3.63, 3.8) is 0 Å². The minimum atomic E-state index is -0.335. The fraction of sp³-hybridized carbons (Fsp3) is 0.216. The highest BCUT2D eigenvalue weighted by Crippen LogP contribution is 2.60. The monoisotopic (exact) mass is 581 g/mol. The van der Waals surface area contributed by atoms with E-state index in [1.165, 1.54) is 0 Å². The van der Waals surface area contributed by atoms with E-state index in [1.807, 2.05) is 84.9 Å². The van der Waals surface area contributed by atoms with E-state index in [0.29, 0.717) is 5.71 Å². The van der Waals surface area contributed by atoms with Gasteiger partial charge in [0.05, 0.1) is 0 Å². The van der Waals surface area contributed by atoms with E-state index >= 15 is 0 Å². The topological polar surface area (TPSA) is 169 Å². The molecule has 3 saturated carbocycles. The van der Waals surface area contributed by atoms with Crippen molar-refractivity contribution in [1.29, 1.82) is 31.6 Å². The third-order valence-electron chi connectivity index (χ3n) is 9.29.